The Balaban J connectivity index is 2.21. The van der Waals surface area contributed by atoms with Gasteiger partial charge >= 0.3 is 5.97 Å². The third-order valence-electron chi connectivity index (χ3n) is 1.97. The minimum absolute atomic E-state index is 0.436. The summed E-state index contributed by atoms with van der Waals surface area (Å²) in [6, 6.07) is 0. The van der Waals surface area contributed by atoms with Crippen molar-refractivity contribution in [3.05, 3.63) is 12.2 Å². The highest BCUT2D eigenvalue weighted by atomic mass is 16.4. The lowest BCUT2D eigenvalue weighted by atomic mass is 10.1. The third-order valence-corrected chi connectivity index (χ3v) is 1.97. The molecule has 0 aromatic carbocycles. The number of allylic oxidation sites excluding steroid dienone is 1. The normalized spacial score (nSPS) is 21.3. The molecule has 0 aromatic rings. The Morgan fingerprint density at radius 3 is 2.70 bits per heavy atom. The highest BCUT2D eigenvalue weighted by Gasteiger charge is 2.35. The smallest absolute Gasteiger partial charge is 0.327 e. The molecule has 0 bridgehead atoms. The fraction of sp³-hybridized carbons (Fsp3) is 0.625. The first-order valence-electron chi connectivity index (χ1n) is 3.52. The lowest BCUT2D eigenvalue weighted by Crippen LogP contribution is -1.91. The van der Waals surface area contributed by atoms with Crippen LogP contribution in [0.1, 0.15) is 26.2 Å². The standard InChI is InChI=1S/C8H12O2/c1-8(5-6-8)4-2-3-7(9)10/h2-3H,4-6H2,1H3,(H,9,10)/b3-2+. The summed E-state index contributed by atoms with van der Waals surface area (Å²) in [5.74, 6) is -0.843. The van der Waals surface area contributed by atoms with E-state index in [2.05, 4.69) is 6.92 Å². The molecule has 0 atom stereocenters. The van der Waals surface area contributed by atoms with Crippen molar-refractivity contribution >= 4 is 5.97 Å². The summed E-state index contributed by atoms with van der Waals surface area (Å²) >= 11 is 0. The molecule has 0 amide bonds. The van der Waals surface area contributed by atoms with Gasteiger partial charge in [0.05, 0.1) is 0 Å². The van der Waals surface area contributed by atoms with Crippen LogP contribution < -0.4 is 0 Å². The van der Waals surface area contributed by atoms with Gasteiger partial charge in [-0.15, -0.1) is 0 Å². The van der Waals surface area contributed by atoms with Gasteiger partial charge in [0.1, 0.15) is 0 Å². The van der Waals surface area contributed by atoms with Gasteiger partial charge in [-0.1, -0.05) is 13.0 Å². The fourth-order valence-electron chi connectivity index (χ4n) is 0.862. The van der Waals surface area contributed by atoms with Crippen molar-refractivity contribution in [1.82, 2.24) is 0 Å². The molecule has 2 heteroatoms. The van der Waals surface area contributed by atoms with Crippen molar-refractivity contribution in [2.75, 3.05) is 0 Å². The Hall–Kier alpha value is -0.790. The van der Waals surface area contributed by atoms with Gasteiger partial charge < -0.3 is 5.11 Å². The maximum Gasteiger partial charge on any atom is 0.327 e. The van der Waals surface area contributed by atoms with E-state index in [9.17, 15) is 4.79 Å². The average molecular weight is 140 g/mol. The summed E-state index contributed by atoms with van der Waals surface area (Å²) in [4.78, 5) is 10.0. The predicted molar refractivity (Wildman–Crippen MR) is 38.7 cm³/mol. The molecule has 0 saturated heterocycles. The second-order valence-electron chi connectivity index (χ2n) is 3.26. The first-order valence-corrected chi connectivity index (χ1v) is 3.52. The zero-order chi connectivity index (χ0) is 7.61. The minimum atomic E-state index is -0.843. The summed E-state index contributed by atoms with van der Waals surface area (Å²) in [6.07, 6.45) is 6.38. The Morgan fingerprint density at radius 1 is 1.70 bits per heavy atom. The van der Waals surface area contributed by atoms with E-state index < -0.39 is 5.97 Å². The highest BCUT2D eigenvalue weighted by Crippen LogP contribution is 2.48. The van der Waals surface area contributed by atoms with Crippen LogP contribution in [0.3, 0.4) is 0 Å². The van der Waals surface area contributed by atoms with Crippen molar-refractivity contribution in [3.63, 3.8) is 0 Å². The molecule has 1 fully saturated rings. The second-order valence-corrected chi connectivity index (χ2v) is 3.26. The number of hydrogen-bond acceptors (Lipinski definition) is 1. The largest absolute Gasteiger partial charge is 0.478 e. The van der Waals surface area contributed by atoms with E-state index >= 15 is 0 Å². The second kappa shape index (κ2) is 2.45. The van der Waals surface area contributed by atoms with E-state index in [1.807, 2.05) is 0 Å². The SMILES string of the molecule is CC1(C/C=C/C(=O)O)CC1. The van der Waals surface area contributed by atoms with Gasteiger partial charge in [-0.3, -0.25) is 0 Å². The molecule has 1 aliphatic carbocycles. The molecule has 1 N–H and O–H groups in total. The maximum atomic E-state index is 10.0. The van der Waals surface area contributed by atoms with Crippen LogP contribution in [0.25, 0.3) is 0 Å². The highest BCUT2D eigenvalue weighted by molar-refractivity contribution is 5.79. The Bertz CT molecular complexity index is 166. The lowest BCUT2D eigenvalue weighted by molar-refractivity contribution is -0.131. The van der Waals surface area contributed by atoms with Gasteiger partial charge in [0.25, 0.3) is 0 Å². The monoisotopic (exact) mass is 140 g/mol. The van der Waals surface area contributed by atoms with Gasteiger partial charge in [-0.2, -0.15) is 0 Å². The molecule has 1 aliphatic rings. The van der Waals surface area contributed by atoms with Crippen LogP contribution in [-0.4, -0.2) is 11.1 Å². The van der Waals surface area contributed by atoms with Crippen LogP contribution in [0.5, 0.6) is 0 Å². The lowest BCUT2D eigenvalue weighted by Gasteiger charge is -1.99. The van der Waals surface area contributed by atoms with Crippen LogP contribution in [0.2, 0.25) is 0 Å². The van der Waals surface area contributed by atoms with Crippen LogP contribution in [0.15, 0.2) is 12.2 Å². The number of hydrogen-bond donors (Lipinski definition) is 1. The zero-order valence-corrected chi connectivity index (χ0v) is 6.13. The van der Waals surface area contributed by atoms with Crippen LogP contribution >= 0.6 is 0 Å². The van der Waals surface area contributed by atoms with Crippen LogP contribution in [0.4, 0.5) is 0 Å². The van der Waals surface area contributed by atoms with Crippen molar-refractivity contribution in [3.8, 4) is 0 Å². The number of aliphatic carboxylic acids is 1. The summed E-state index contributed by atoms with van der Waals surface area (Å²) in [5.41, 5.74) is 0.436. The average Bonchev–Trinajstić information content (AvgIpc) is 2.47. The van der Waals surface area contributed by atoms with Crippen molar-refractivity contribution in [1.29, 1.82) is 0 Å². The van der Waals surface area contributed by atoms with E-state index in [0.29, 0.717) is 5.41 Å². The minimum Gasteiger partial charge on any atom is -0.478 e. The first kappa shape index (κ1) is 7.32. The number of carbonyl (C=O) groups is 1. The Labute approximate surface area is 60.6 Å². The van der Waals surface area contributed by atoms with Gasteiger partial charge in [0.15, 0.2) is 0 Å². The molecule has 10 heavy (non-hydrogen) atoms. The topological polar surface area (TPSA) is 37.3 Å². The number of carboxylic acid groups (broad SMARTS) is 1. The van der Waals surface area contributed by atoms with E-state index in [4.69, 9.17) is 5.11 Å². The predicted octanol–water partition coefficient (Wildman–Crippen LogP) is 1.82. The molecule has 0 radical (unpaired) electrons. The first-order chi connectivity index (χ1) is 4.62. The summed E-state index contributed by atoms with van der Waals surface area (Å²) < 4.78 is 0. The van der Waals surface area contributed by atoms with Crippen molar-refractivity contribution in [2.45, 2.75) is 26.2 Å². The molecule has 0 heterocycles. The molecular weight excluding hydrogens is 128 g/mol. The molecule has 0 aromatic heterocycles. The van der Waals surface area contributed by atoms with Gasteiger partial charge in [-0.25, -0.2) is 4.79 Å². The molecule has 0 aliphatic heterocycles. The quantitative estimate of drug-likeness (QED) is 0.607. The van der Waals surface area contributed by atoms with E-state index in [1.54, 1.807) is 6.08 Å². The molecule has 56 valence electrons. The Kier molecular flexibility index (Phi) is 1.79. The summed E-state index contributed by atoms with van der Waals surface area (Å²) in [6.45, 7) is 2.18. The molecule has 1 rings (SSSR count). The van der Waals surface area contributed by atoms with Gasteiger partial charge in [-0.05, 0) is 24.7 Å². The maximum absolute atomic E-state index is 10.0. The fourth-order valence-corrected chi connectivity index (χ4v) is 0.862. The molecular formula is C8H12O2. The molecule has 0 spiro atoms. The number of carboxylic acids is 1. The van der Waals surface area contributed by atoms with Gasteiger partial charge in [0.2, 0.25) is 0 Å². The van der Waals surface area contributed by atoms with Crippen LogP contribution in [0, 0.1) is 5.41 Å². The summed E-state index contributed by atoms with van der Waals surface area (Å²) in [7, 11) is 0. The van der Waals surface area contributed by atoms with E-state index in [0.717, 1.165) is 6.42 Å². The molecule has 2 nitrogen and oxygen atoms in total. The zero-order valence-electron chi connectivity index (χ0n) is 6.13. The third kappa shape index (κ3) is 2.21. The van der Waals surface area contributed by atoms with Crippen molar-refractivity contribution in [2.24, 2.45) is 5.41 Å². The van der Waals surface area contributed by atoms with Crippen molar-refractivity contribution < 1.29 is 9.90 Å². The van der Waals surface area contributed by atoms with E-state index in [1.165, 1.54) is 18.9 Å². The van der Waals surface area contributed by atoms with E-state index in [-0.39, 0.29) is 0 Å². The molecule has 0 unspecified atom stereocenters. The summed E-state index contributed by atoms with van der Waals surface area (Å²) in [5, 5.41) is 8.24. The molecule has 1 saturated carbocycles. The number of rotatable bonds is 3. The Morgan fingerprint density at radius 2 is 2.30 bits per heavy atom. The van der Waals surface area contributed by atoms with Gasteiger partial charge in [0, 0.05) is 6.08 Å². The van der Waals surface area contributed by atoms with Crippen LogP contribution in [-0.2, 0) is 4.79 Å².